The topological polar surface area (TPSA) is 127 Å². The molecule has 0 atom stereocenters. The Balaban J connectivity index is 0.00000533. The van der Waals surface area contributed by atoms with Crippen molar-refractivity contribution in [2.24, 2.45) is 0 Å². The van der Waals surface area contributed by atoms with Gasteiger partial charge in [0.25, 0.3) is 5.91 Å². The lowest BCUT2D eigenvalue weighted by atomic mass is 9.84. The molecule has 2 N–H and O–H groups in total. The molecule has 1 aliphatic rings. The quantitative estimate of drug-likeness (QED) is 0.308. The monoisotopic (exact) mass is 605 g/mol. The van der Waals surface area contributed by atoms with Gasteiger partial charge in [0.1, 0.15) is 11.6 Å². The molecule has 0 spiro atoms. The summed E-state index contributed by atoms with van der Waals surface area (Å²) in [7, 11) is 4.28. The predicted octanol–water partition coefficient (Wildman–Crippen LogP) is 3.90. The summed E-state index contributed by atoms with van der Waals surface area (Å²) < 4.78 is 21.6. The second-order valence-corrected chi connectivity index (χ2v) is 9.82. The van der Waals surface area contributed by atoms with Crippen LogP contribution in [0.4, 0.5) is 0 Å². The van der Waals surface area contributed by atoms with E-state index in [9.17, 15) is 14.4 Å². The second-order valence-electron chi connectivity index (χ2n) is 9.82. The normalized spacial score (nSPS) is 12.3. The first-order valence-electron chi connectivity index (χ1n) is 12.3. The molecule has 1 amide bonds. The second kappa shape index (κ2) is 13.0. The maximum absolute atomic E-state index is 13.5. The van der Waals surface area contributed by atoms with Crippen LogP contribution in [0.3, 0.4) is 0 Å². The molecule has 0 saturated carbocycles. The van der Waals surface area contributed by atoms with E-state index in [1.807, 2.05) is 27.7 Å². The Morgan fingerprint density at radius 1 is 1.05 bits per heavy atom. The van der Waals surface area contributed by atoms with Crippen LogP contribution in [0.5, 0.6) is 17.2 Å². The van der Waals surface area contributed by atoms with E-state index in [0.29, 0.717) is 52.7 Å². The first-order valence-corrected chi connectivity index (χ1v) is 12.3. The van der Waals surface area contributed by atoms with E-state index in [-0.39, 0.29) is 47.7 Å². The molecule has 0 saturated heterocycles. The van der Waals surface area contributed by atoms with E-state index in [2.05, 4.69) is 10.1 Å². The van der Waals surface area contributed by atoms with Crippen LogP contribution in [0, 0.1) is 5.41 Å². The standard InChI is InChI=1S/C28H35N3O7.BrH/c1-8-37-22-11-17-13-31(26(29)18(17)12-19(22)27(34)30-5)14-21(32)16-9-20(28(2,3)4)25(23(10-16)35-6)38-15-24(33)36-7;/h9-12,29H,8,13-15H2,1-7H3,(H,30,34);1H. The lowest BCUT2D eigenvalue weighted by Crippen LogP contribution is -2.30. The van der Waals surface area contributed by atoms with Crippen LogP contribution in [0.1, 0.15) is 65.1 Å². The Labute approximate surface area is 239 Å². The molecule has 0 aromatic heterocycles. The molecule has 11 heteroatoms. The Bertz CT molecular complexity index is 1270. The smallest absolute Gasteiger partial charge is 0.343 e. The minimum absolute atomic E-state index is 0. The number of methoxy groups -OCH3 is 2. The number of Topliss-reactive ketones (excluding diaryl/α,β-unsaturated/α-hetero) is 1. The van der Waals surface area contributed by atoms with Crippen LogP contribution in [-0.2, 0) is 21.5 Å². The van der Waals surface area contributed by atoms with Gasteiger partial charge in [-0.25, -0.2) is 4.79 Å². The summed E-state index contributed by atoms with van der Waals surface area (Å²) in [5.74, 6) is 0.217. The minimum atomic E-state index is -0.536. The van der Waals surface area contributed by atoms with Crippen molar-refractivity contribution in [2.45, 2.75) is 39.7 Å². The lowest BCUT2D eigenvalue weighted by Gasteiger charge is -2.25. The third-order valence-corrected chi connectivity index (χ3v) is 6.21. The van der Waals surface area contributed by atoms with Crippen molar-refractivity contribution in [3.8, 4) is 17.2 Å². The number of amidine groups is 1. The predicted molar refractivity (Wildman–Crippen MR) is 152 cm³/mol. The van der Waals surface area contributed by atoms with Gasteiger partial charge in [-0.1, -0.05) is 20.8 Å². The zero-order valence-electron chi connectivity index (χ0n) is 23.4. The number of carbonyl (C=O) groups excluding carboxylic acids is 3. The summed E-state index contributed by atoms with van der Waals surface area (Å²) in [4.78, 5) is 39.2. The molecule has 0 unspecified atom stereocenters. The molecule has 1 aliphatic heterocycles. The number of benzene rings is 2. The Hall–Kier alpha value is -3.60. The van der Waals surface area contributed by atoms with Crippen LogP contribution >= 0.6 is 17.0 Å². The maximum atomic E-state index is 13.5. The molecule has 0 fully saturated rings. The first-order chi connectivity index (χ1) is 17.9. The van der Waals surface area contributed by atoms with Gasteiger partial charge in [0.05, 0.1) is 32.9 Å². The molecule has 2 aromatic carbocycles. The van der Waals surface area contributed by atoms with Crippen molar-refractivity contribution in [2.75, 3.05) is 41.0 Å². The summed E-state index contributed by atoms with van der Waals surface area (Å²) in [5, 5.41) is 11.3. The van der Waals surface area contributed by atoms with Crippen molar-refractivity contribution >= 4 is 40.5 Å². The fourth-order valence-corrected chi connectivity index (χ4v) is 4.23. The molecular weight excluding hydrogens is 570 g/mol. The highest BCUT2D eigenvalue weighted by atomic mass is 79.9. The van der Waals surface area contributed by atoms with E-state index >= 15 is 0 Å². The van der Waals surface area contributed by atoms with Crippen LogP contribution in [0.2, 0.25) is 0 Å². The van der Waals surface area contributed by atoms with E-state index in [1.165, 1.54) is 21.3 Å². The fraction of sp³-hybridized carbons (Fsp3) is 0.429. The summed E-state index contributed by atoms with van der Waals surface area (Å²) >= 11 is 0. The van der Waals surface area contributed by atoms with Crippen LogP contribution in [0.25, 0.3) is 0 Å². The van der Waals surface area contributed by atoms with Crippen molar-refractivity contribution in [3.05, 3.63) is 52.1 Å². The largest absolute Gasteiger partial charge is 0.493 e. The van der Waals surface area contributed by atoms with Crippen LogP contribution in [0.15, 0.2) is 24.3 Å². The maximum Gasteiger partial charge on any atom is 0.343 e. The fourth-order valence-electron chi connectivity index (χ4n) is 4.23. The Kier molecular flexibility index (Phi) is 10.5. The van der Waals surface area contributed by atoms with Gasteiger partial charge in [-0.3, -0.25) is 15.0 Å². The third kappa shape index (κ3) is 6.89. The summed E-state index contributed by atoms with van der Waals surface area (Å²) in [5.41, 5.74) is 2.38. The first kappa shape index (κ1) is 31.6. The van der Waals surface area contributed by atoms with E-state index < -0.39 is 11.4 Å². The molecule has 0 radical (unpaired) electrons. The van der Waals surface area contributed by atoms with Gasteiger partial charge in [-0.05, 0) is 42.2 Å². The lowest BCUT2D eigenvalue weighted by molar-refractivity contribution is -0.142. The molecule has 212 valence electrons. The van der Waals surface area contributed by atoms with Crippen molar-refractivity contribution in [1.82, 2.24) is 10.2 Å². The number of halogens is 1. The van der Waals surface area contributed by atoms with Crippen molar-refractivity contribution < 1.29 is 33.3 Å². The van der Waals surface area contributed by atoms with Gasteiger partial charge < -0.3 is 29.2 Å². The molecule has 2 aromatic rings. The van der Waals surface area contributed by atoms with Crippen LogP contribution < -0.4 is 19.5 Å². The number of amides is 1. The number of esters is 1. The SMILES string of the molecule is Br.CCOc1cc2c(cc1C(=O)NC)C(=N)N(CC(=O)c1cc(OC)c(OCC(=O)OC)c(C(C)(C)C)c1)C2. The molecule has 10 nitrogen and oxygen atoms in total. The summed E-state index contributed by atoms with van der Waals surface area (Å²) in [6.07, 6.45) is 0. The number of ether oxygens (including phenoxy) is 4. The third-order valence-electron chi connectivity index (χ3n) is 6.21. The Morgan fingerprint density at radius 2 is 1.74 bits per heavy atom. The number of fused-ring (bicyclic) bond motifs is 1. The number of rotatable bonds is 10. The highest BCUT2D eigenvalue weighted by Gasteiger charge is 2.31. The number of carbonyl (C=O) groups is 3. The molecule has 0 aliphatic carbocycles. The highest BCUT2D eigenvalue weighted by molar-refractivity contribution is 8.93. The average molecular weight is 607 g/mol. The molecule has 39 heavy (non-hydrogen) atoms. The highest BCUT2D eigenvalue weighted by Crippen LogP contribution is 2.40. The number of ketones is 1. The van der Waals surface area contributed by atoms with Crippen molar-refractivity contribution in [3.63, 3.8) is 0 Å². The van der Waals surface area contributed by atoms with Gasteiger partial charge in [0.15, 0.2) is 23.9 Å². The molecule has 0 bridgehead atoms. The number of nitrogens with one attached hydrogen (secondary N) is 2. The Morgan fingerprint density at radius 3 is 2.31 bits per heavy atom. The number of hydrogen-bond donors (Lipinski definition) is 2. The van der Waals surface area contributed by atoms with Gasteiger partial charge in [0.2, 0.25) is 0 Å². The van der Waals surface area contributed by atoms with E-state index in [4.69, 9.17) is 19.6 Å². The molecular formula is C28H36BrN3O7. The average Bonchev–Trinajstić information content (AvgIpc) is 3.18. The molecule has 3 rings (SSSR count). The summed E-state index contributed by atoms with van der Waals surface area (Å²) in [6, 6.07) is 6.71. The summed E-state index contributed by atoms with van der Waals surface area (Å²) in [6.45, 7) is 8.10. The van der Waals surface area contributed by atoms with Gasteiger partial charge in [0, 0.05) is 30.3 Å². The number of nitrogens with zero attached hydrogens (tertiary/aromatic N) is 1. The van der Waals surface area contributed by atoms with Gasteiger partial charge >= 0.3 is 5.97 Å². The zero-order chi connectivity index (χ0) is 28.2. The van der Waals surface area contributed by atoms with Crippen LogP contribution in [-0.4, -0.2) is 69.4 Å². The zero-order valence-corrected chi connectivity index (χ0v) is 25.1. The van der Waals surface area contributed by atoms with Crippen molar-refractivity contribution in [1.29, 1.82) is 5.41 Å². The van der Waals surface area contributed by atoms with Gasteiger partial charge in [-0.2, -0.15) is 0 Å². The minimum Gasteiger partial charge on any atom is -0.493 e. The van der Waals surface area contributed by atoms with E-state index in [0.717, 1.165) is 5.56 Å². The van der Waals surface area contributed by atoms with E-state index in [1.54, 1.807) is 29.2 Å². The molecule has 1 heterocycles. The van der Waals surface area contributed by atoms with Gasteiger partial charge in [-0.15, -0.1) is 17.0 Å². The number of hydrogen-bond acceptors (Lipinski definition) is 8.